The second-order valence-corrected chi connectivity index (χ2v) is 3.79. The molecule has 0 bridgehead atoms. The lowest BCUT2D eigenvalue weighted by atomic mass is 10.1. The van der Waals surface area contributed by atoms with Gasteiger partial charge in [0.25, 0.3) is 0 Å². The van der Waals surface area contributed by atoms with E-state index in [0.717, 1.165) is 11.1 Å². The van der Waals surface area contributed by atoms with Gasteiger partial charge in [-0.3, -0.25) is 4.90 Å². The number of aliphatic hydroxyl groups is 2. The normalized spacial score (nSPS) is 11.1. The fourth-order valence-corrected chi connectivity index (χ4v) is 1.60. The largest absolute Gasteiger partial charge is 0.395 e. The molecule has 4 heteroatoms. The standard InChI is InChI=1S/C12H18FNO2/c1-10-2-3-12(13)8-11(10)9-14(4-6-15)5-7-16/h2-3,8,15-16H,4-7,9H2,1H3. The number of hydrogen-bond donors (Lipinski definition) is 2. The molecule has 0 saturated carbocycles. The highest BCUT2D eigenvalue weighted by Crippen LogP contribution is 2.12. The van der Waals surface area contributed by atoms with Crippen LogP contribution in [0.3, 0.4) is 0 Å². The monoisotopic (exact) mass is 227 g/mol. The van der Waals surface area contributed by atoms with E-state index in [0.29, 0.717) is 19.6 Å². The Morgan fingerprint density at radius 3 is 2.38 bits per heavy atom. The number of aliphatic hydroxyl groups excluding tert-OH is 2. The van der Waals surface area contributed by atoms with Crippen LogP contribution in [0.5, 0.6) is 0 Å². The van der Waals surface area contributed by atoms with Crippen LogP contribution in [0.2, 0.25) is 0 Å². The summed E-state index contributed by atoms with van der Waals surface area (Å²) >= 11 is 0. The Balaban J connectivity index is 2.71. The zero-order chi connectivity index (χ0) is 12.0. The quantitative estimate of drug-likeness (QED) is 0.759. The third-order valence-electron chi connectivity index (χ3n) is 2.54. The van der Waals surface area contributed by atoms with Crippen LogP contribution in [0, 0.1) is 12.7 Å². The maximum absolute atomic E-state index is 13.1. The number of hydrogen-bond acceptors (Lipinski definition) is 3. The molecule has 0 heterocycles. The molecule has 0 aliphatic heterocycles. The predicted octanol–water partition coefficient (Wildman–Crippen LogP) is 0.921. The molecule has 0 unspecified atom stereocenters. The summed E-state index contributed by atoms with van der Waals surface area (Å²) < 4.78 is 13.1. The number of rotatable bonds is 6. The van der Waals surface area contributed by atoms with E-state index in [1.165, 1.54) is 12.1 Å². The Bertz CT molecular complexity index is 325. The summed E-state index contributed by atoms with van der Waals surface area (Å²) in [6, 6.07) is 4.67. The van der Waals surface area contributed by atoms with Gasteiger partial charge in [-0.2, -0.15) is 0 Å². The number of nitrogens with zero attached hydrogens (tertiary/aromatic N) is 1. The van der Waals surface area contributed by atoms with E-state index in [1.807, 2.05) is 11.8 Å². The van der Waals surface area contributed by atoms with E-state index in [2.05, 4.69) is 0 Å². The van der Waals surface area contributed by atoms with E-state index in [4.69, 9.17) is 10.2 Å². The summed E-state index contributed by atoms with van der Waals surface area (Å²) in [5.41, 5.74) is 1.91. The Hall–Kier alpha value is -0.970. The summed E-state index contributed by atoms with van der Waals surface area (Å²) in [5, 5.41) is 17.7. The van der Waals surface area contributed by atoms with Crippen LogP contribution in [-0.2, 0) is 6.54 Å². The molecule has 0 aromatic heterocycles. The first-order valence-electron chi connectivity index (χ1n) is 5.36. The number of aryl methyl sites for hydroxylation is 1. The maximum atomic E-state index is 13.1. The molecule has 0 radical (unpaired) electrons. The van der Waals surface area contributed by atoms with Crippen molar-refractivity contribution < 1.29 is 14.6 Å². The lowest BCUT2D eigenvalue weighted by molar-refractivity contribution is 0.155. The molecular formula is C12H18FNO2. The summed E-state index contributed by atoms with van der Waals surface area (Å²) in [6.45, 7) is 3.51. The Morgan fingerprint density at radius 2 is 1.81 bits per heavy atom. The average molecular weight is 227 g/mol. The van der Waals surface area contributed by atoms with Gasteiger partial charge in [-0.25, -0.2) is 4.39 Å². The average Bonchev–Trinajstić information content (AvgIpc) is 2.24. The fraction of sp³-hybridized carbons (Fsp3) is 0.500. The third-order valence-corrected chi connectivity index (χ3v) is 2.54. The van der Waals surface area contributed by atoms with Gasteiger partial charge >= 0.3 is 0 Å². The summed E-state index contributed by atoms with van der Waals surface area (Å²) in [4.78, 5) is 1.89. The minimum Gasteiger partial charge on any atom is -0.395 e. The molecule has 0 atom stereocenters. The van der Waals surface area contributed by atoms with Gasteiger partial charge < -0.3 is 10.2 Å². The molecule has 1 rings (SSSR count). The Kier molecular flexibility index (Phi) is 5.38. The van der Waals surface area contributed by atoms with E-state index >= 15 is 0 Å². The van der Waals surface area contributed by atoms with Gasteiger partial charge in [0.1, 0.15) is 5.82 Å². The highest BCUT2D eigenvalue weighted by Gasteiger charge is 2.07. The number of benzene rings is 1. The van der Waals surface area contributed by atoms with E-state index in [-0.39, 0.29) is 19.0 Å². The van der Waals surface area contributed by atoms with Crippen molar-refractivity contribution in [3.05, 3.63) is 35.1 Å². The second kappa shape index (κ2) is 6.58. The first-order valence-corrected chi connectivity index (χ1v) is 5.36. The fourth-order valence-electron chi connectivity index (χ4n) is 1.60. The summed E-state index contributed by atoms with van der Waals surface area (Å²) in [5.74, 6) is -0.256. The van der Waals surface area contributed by atoms with Crippen LogP contribution in [-0.4, -0.2) is 41.4 Å². The van der Waals surface area contributed by atoms with E-state index in [9.17, 15) is 4.39 Å². The Morgan fingerprint density at radius 1 is 1.19 bits per heavy atom. The van der Waals surface area contributed by atoms with E-state index in [1.54, 1.807) is 6.07 Å². The van der Waals surface area contributed by atoms with Crippen LogP contribution in [0.1, 0.15) is 11.1 Å². The second-order valence-electron chi connectivity index (χ2n) is 3.79. The lowest BCUT2D eigenvalue weighted by Gasteiger charge is -2.21. The molecule has 0 aliphatic carbocycles. The Labute approximate surface area is 95.1 Å². The van der Waals surface area contributed by atoms with Gasteiger partial charge in [0, 0.05) is 19.6 Å². The molecule has 90 valence electrons. The molecule has 0 fully saturated rings. The summed E-state index contributed by atoms with van der Waals surface area (Å²) in [7, 11) is 0. The minimum absolute atomic E-state index is 0.0361. The van der Waals surface area contributed by atoms with Crippen molar-refractivity contribution >= 4 is 0 Å². The van der Waals surface area contributed by atoms with Gasteiger partial charge in [0.2, 0.25) is 0 Å². The van der Waals surface area contributed by atoms with Gasteiger partial charge in [-0.05, 0) is 30.2 Å². The number of halogens is 1. The van der Waals surface area contributed by atoms with Crippen molar-refractivity contribution in [3.63, 3.8) is 0 Å². The molecular weight excluding hydrogens is 209 g/mol. The molecule has 1 aromatic rings. The van der Waals surface area contributed by atoms with Gasteiger partial charge in [0.15, 0.2) is 0 Å². The third kappa shape index (κ3) is 3.89. The smallest absolute Gasteiger partial charge is 0.123 e. The van der Waals surface area contributed by atoms with Crippen molar-refractivity contribution in [1.82, 2.24) is 4.90 Å². The highest BCUT2D eigenvalue weighted by atomic mass is 19.1. The highest BCUT2D eigenvalue weighted by molar-refractivity contribution is 5.26. The van der Waals surface area contributed by atoms with Crippen LogP contribution in [0.15, 0.2) is 18.2 Å². The van der Waals surface area contributed by atoms with Crippen molar-refractivity contribution in [2.24, 2.45) is 0 Å². The lowest BCUT2D eigenvalue weighted by Crippen LogP contribution is -2.29. The van der Waals surface area contributed by atoms with Crippen LogP contribution >= 0.6 is 0 Å². The SMILES string of the molecule is Cc1ccc(F)cc1CN(CCO)CCO. The molecule has 0 aliphatic rings. The van der Waals surface area contributed by atoms with Crippen molar-refractivity contribution in [3.8, 4) is 0 Å². The first kappa shape index (κ1) is 13.1. The topological polar surface area (TPSA) is 43.7 Å². The van der Waals surface area contributed by atoms with Crippen LogP contribution in [0.25, 0.3) is 0 Å². The zero-order valence-corrected chi connectivity index (χ0v) is 9.49. The predicted molar refractivity (Wildman–Crippen MR) is 60.6 cm³/mol. The van der Waals surface area contributed by atoms with Crippen molar-refractivity contribution in [1.29, 1.82) is 0 Å². The molecule has 1 aromatic carbocycles. The van der Waals surface area contributed by atoms with Gasteiger partial charge in [-0.1, -0.05) is 6.07 Å². The molecule has 0 spiro atoms. The molecule has 2 N–H and O–H groups in total. The minimum atomic E-state index is -0.256. The maximum Gasteiger partial charge on any atom is 0.123 e. The molecule has 0 amide bonds. The molecule has 0 saturated heterocycles. The van der Waals surface area contributed by atoms with Gasteiger partial charge in [0.05, 0.1) is 13.2 Å². The van der Waals surface area contributed by atoms with Gasteiger partial charge in [-0.15, -0.1) is 0 Å². The van der Waals surface area contributed by atoms with Crippen molar-refractivity contribution in [2.75, 3.05) is 26.3 Å². The first-order chi connectivity index (χ1) is 7.67. The molecule has 16 heavy (non-hydrogen) atoms. The van der Waals surface area contributed by atoms with E-state index < -0.39 is 0 Å². The summed E-state index contributed by atoms with van der Waals surface area (Å²) in [6.07, 6.45) is 0. The van der Waals surface area contributed by atoms with Crippen LogP contribution < -0.4 is 0 Å². The molecule has 3 nitrogen and oxygen atoms in total. The zero-order valence-electron chi connectivity index (χ0n) is 9.49. The van der Waals surface area contributed by atoms with Crippen molar-refractivity contribution in [2.45, 2.75) is 13.5 Å². The van der Waals surface area contributed by atoms with Crippen LogP contribution in [0.4, 0.5) is 4.39 Å².